The van der Waals surface area contributed by atoms with Gasteiger partial charge in [0.15, 0.2) is 11.0 Å². The van der Waals surface area contributed by atoms with E-state index in [9.17, 15) is 22.8 Å². The molecule has 0 saturated heterocycles. The molecule has 1 aromatic rings. The average molecular weight is 313 g/mol. The van der Waals surface area contributed by atoms with E-state index in [4.69, 9.17) is 10.9 Å². The van der Waals surface area contributed by atoms with Crippen LogP contribution >= 0.6 is 11.8 Å². The van der Waals surface area contributed by atoms with Crippen LogP contribution in [-0.2, 0) is 7.05 Å². The fourth-order valence-electron chi connectivity index (χ4n) is 1.16. The number of rotatable bonds is 4. The van der Waals surface area contributed by atoms with Crippen molar-refractivity contribution in [3.63, 3.8) is 0 Å². The zero-order valence-corrected chi connectivity index (χ0v) is 10.8. The summed E-state index contributed by atoms with van der Waals surface area (Å²) < 4.78 is 39.0. The number of aromatic nitrogens is 3. The van der Waals surface area contributed by atoms with Gasteiger partial charge in [-0.25, -0.2) is 0 Å². The molecule has 0 spiro atoms. The number of nitrogens with two attached hydrogens (primary N) is 1. The van der Waals surface area contributed by atoms with E-state index >= 15 is 0 Å². The van der Waals surface area contributed by atoms with Crippen molar-refractivity contribution in [2.45, 2.75) is 11.3 Å². The highest BCUT2D eigenvalue weighted by molar-refractivity contribution is 7.99. The third kappa shape index (κ3) is 3.76. The minimum atomic E-state index is -4.72. The molecule has 0 aliphatic rings. The molecular formula is C8H10F3N5O3S. The first kappa shape index (κ1) is 16.1. The van der Waals surface area contributed by atoms with E-state index in [1.54, 1.807) is 0 Å². The summed E-state index contributed by atoms with van der Waals surface area (Å²) >= 11 is 0.538. The third-order valence-corrected chi connectivity index (χ3v) is 3.32. The second kappa shape index (κ2) is 5.98. The van der Waals surface area contributed by atoms with Crippen LogP contribution < -0.4 is 16.9 Å². The minimum Gasteiger partial charge on any atom is -0.409 e. The smallest absolute Gasteiger partial charge is 0.399 e. The van der Waals surface area contributed by atoms with Crippen LogP contribution in [0.3, 0.4) is 0 Å². The third-order valence-electron chi connectivity index (χ3n) is 2.19. The largest absolute Gasteiger partial charge is 0.409 e. The van der Waals surface area contributed by atoms with Crippen LogP contribution in [0.25, 0.3) is 0 Å². The molecule has 20 heavy (non-hydrogen) atoms. The second-order valence-corrected chi connectivity index (χ2v) is 4.62. The Balaban J connectivity index is 2.97. The number of oxime groups is 1. The number of nitrogens with one attached hydrogen (secondary N) is 1. The van der Waals surface area contributed by atoms with Crippen LogP contribution in [0.2, 0.25) is 0 Å². The molecule has 1 heterocycles. The highest BCUT2D eigenvalue weighted by atomic mass is 32.2. The minimum absolute atomic E-state index is 0.130. The quantitative estimate of drug-likeness (QED) is 0.171. The maximum atomic E-state index is 12.7. The lowest BCUT2D eigenvalue weighted by atomic mass is 10.1. The van der Waals surface area contributed by atoms with E-state index in [1.165, 1.54) is 7.05 Å². The fraction of sp³-hybridized carbons (Fsp3) is 0.500. The Labute approximate surface area is 113 Å². The van der Waals surface area contributed by atoms with Gasteiger partial charge in [0.05, 0.1) is 0 Å². The summed E-state index contributed by atoms with van der Waals surface area (Å²) in [7, 11) is 1.31. The van der Waals surface area contributed by atoms with E-state index < -0.39 is 34.8 Å². The number of hydrogen-bond acceptors (Lipinski definition) is 6. The average Bonchev–Trinajstić information content (AvgIpc) is 2.33. The molecule has 8 nitrogen and oxygen atoms in total. The van der Waals surface area contributed by atoms with Gasteiger partial charge >= 0.3 is 17.3 Å². The molecule has 0 aliphatic carbocycles. The van der Waals surface area contributed by atoms with E-state index in [1.807, 2.05) is 0 Å². The fourth-order valence-corrected chi connectivity index (χ4v) is 2.23. The number of alkyl halides is 3. The number of H-pyrrole nitrogens is 1. The summed E-state index contributed by atoms with van der Waals surface area (Å²) in [4.78, 5) is 25.3. The summed E-state index contributed by atoms with van der Waals surface area (Å²) in [6, 6.07) is 0. The van der Waals surface area contributed by atoms with E-state index in [2.05, 4.69) is 15.2 Å². The topological polar surface area (TPSA) is 126 Å². The second-order valence-electron chi connectivity index (χ2n) is 3.63. The SMILES string of the molecule is Cn1[nH]c(=O)c(=O)nc1SCC(C(N)=NO)C(F)(F)F. The van der Waals surface area contributed by atoms with Gasteiger partial charge in [0.2, 0.25) is 0 Å². The molecule has 12 heteroatoms. The first-order chi connectivity index (χ1) is 9.16. The van der Waals surface area contributed by atoms with Crippen molar-refractivity contribution in [3.8, 4) is 0 Å². The van der Waals surface area contributed by atoms with Gasteiger partial charge in [-0.05, 0) is 0 Å². The summed E-state index contributed by atoms with van der Waals surface area (Å²) in [5, 5.41) is 12.6. The van der Waals surface area contributed by atoms with Crippen LogP contribution in [0.5, 0.6) is 0 Å². The Morgan fingerprint density at radius 3 is 2.70 bits per heavy atom. The van der Waals surface area contributed by atoms with Crippen molar-refractivity contribution in [1.29, 1.82) is 0 Å². The number of hydrogen-bond donors (Lipinski definition) is 3. The van der Waals surface area contributed by atoms with Crippen molar-refractivity contribution in [3.05, 3.63) is 20.7 Å². The number of nitrogens with zero attached hydrogens (tertiary/aromatic N) is 3. The van der Waals surface area contributed by atoms with Crippen molar-refractivity contribution in [2.75, 3.05) is 5.75 Å². The molecule has 0 aromatic carbocycles. The summed E-state index contributed by atoms with van der Waals surface area (Å²) in [6.07, 6.45) is -4.72. The maximum absolute atomic E-state index is 12.7. The van der Waals surface area contributed by atoms with Gasteiger partial charge in [0.1, 0.15) is 5.92 Å². The molecule has 4 N–H and O–H groups in total. The molecule has 0 amide bonds. The van der Waals surface area contributed by atoms with Gasteiger partial charge in [0, 0.05) is 12.8 Å². The summed E-state index contributed by atoms with van der Waals surface area (Å²) in [5.74, 6) is -3.87. The molecule has 1 atom stereocenters. The highest BCUT2D eigenvalue weighted by Crippen LogP contribution is 2.30. The Kier molecular flexibility index (Phi) is 4.81. The van der Waals surface area contributed by atoms with Crippen LogP contribution in [-0.4, -0.2) is 37.7 Å². The predicted molar refractivity (Wildman–Crippen MR) is 63.8 cm³/mol. The van der Waals surface area contributed by atoms with Crippen LogP contribution in [0, 0.1) is 5.92 Å². The first-order valence-electron chi connectivity index (χ1n) is 5.01. The van der Waals surface area contributed by atoms with Gasteiger partial charge in [-0.1, -0.05) is 16.9 Å². The summed E-state index contributed by atoms with van der Waals surface area (Å²) in [5.41, 5.74) is 2.88. The molecule has 112 valence electrons. The number of halogens is 3. The van der Waals surface area contributed by atoms with Crippen LogP contribution in [0.4, 0.5) is 13.2 Å². The summed E-state index contributed by atoms with van der Waals surface area (Å²) in [6.45, 7) is 0. The number of amidine groups is 1. The Bertz CT molecular complexity index is 623. The van der Waals surface area contributed by atoms with Gasteiger partial charge < -0.3 is 10.9 Å². The van der Waals surface area contributed by atoms with Gasteiger partial charge in [0.25, 0.3) is 0 Å². The van der Waals surface area contributed by atoms with Gasteiger partial charge in [-0.2, -0.15) is 18.2 Å². The van der Waals surface area contributed by atoms with E-state index in [0.29, 0.717) is 11.8 Å². The van der Waals surface area contributed by atoms with Gasteiger partial charge in [-0.15, -0.1) is 0 Å². The molecule has 0 fully saturated rings. The monoisotopic (exact) mass is 313 g/mol. The lowest BCUT2D eigenvalue weighted by molar-refractivity contribution is -0.150. The standard InChI is InChI=1S/C8H10F3N5O3S/c1-16-7(13-5(17)6(18)14-16)20-2-3(4(12)15-19)8(9,10)11/h3,19H,2H2,1H3,(H2,12,15)(H,14,18). The predicted octanol–water partition coefficient (Wildman–Crippen LogP) is -0.514. The Morgan fingerprint density at radius 2 is 2.20 bits per heavy atom. The van der Waals surface area contributed by atoms with Crippen molar-refractivity contribution in [2.24, 2.45) is 23.9 Å². The van der Waals surface area contributed by atoms with Gasteiger partial charge in [-0.3, -0.25) is 19.4 Å². The zero-order valence-electron chi connectivity index (χ0n) is 10.0. The molecule has 1 aromatic heterocycles. The lowest BCUT2D eigenvalue weighted by Crippen LogP contribution is -2.38. The lowest BCUT2D eigenvalue weighted by Gasteiger charge is -2.18. The molecular weight excluding hydrogens is 303 g/mol. The first-order valence-corrected chi connectivity index (χ1v) is 5.99. The molecule has 0 radical (unpaired) electrons. The number of thioether (sulfide) groups is 1. The molecule has 0 aliphatic heterocycles. The number of aromatic amines is 1. The molecule has 0 saturated carbocycles. The number of aryl methyl sites for hydroxylation is 1. The maximum Gasteiger partial charge on any atom is 0.399 e. The Hall–Kier alpha value is -1.98. The molecule has 0 bridgehead atoms. The highest BCUT2D eigenvalue weighted by Gasteiger charge is 2.43. The van der Waals surface area contributed by atoms with Crippen molar-refractivity contribution < 1.29 is 18.4 Å². The van der Waals surface area contributed by atoms with Crippen LogP contribution in [0.1, 0.15) is 0 Å². The van der Waals surface area contributed by atoms with Crippen molar-refractivity contribution >= 4 is 17.6 Å². The zero-order chi connectivity index (χ0) is 15.5. The molecule has 1 rings (SSSR count). The van der Waals surface area contributed by atoms with Crippen LogP contribution in [0.15, 0.2) is 19.9 Å². The van der Waals surface area contributed by atoms with Crippen molar-refractivity contribution in [1.82, 2.24) is 14.8 Å². The van der Waals surface area contributed by atoms with E-state index in [0.717, 1.165) is 4.68 Å². The molecule has 1 unspecified atom stereocenters. The van der Waals surface area contributed by atoms with E-state index in [-0.39, 0.29) is 5.16 Å². The Morgan fingerprint density at radius 1 is 1.60 bits per heavy atom. The normalized spacial score (nSPS) is 14.3.